The molecular formula is C31H34ClN3O3S2. The van der Waals surface area contributed by atoms with Gasteiger partial charge in [-0.1, -0.05) is 105 Å². The smallest absolute Gasteiger partial charge is 0.327 e. The number of aliphatic carboxylic acids is 1. The molecule has 1 heterocycles. The number of carboxylic acids is 1. The van der Waals surface area contributed by atoms with E-state index in [0.717, 1.165) is 22.5 Å². The minimum Gasteiger partial charge on any atom is -0.480 e. The van der Waals surface area contributed by atoms with Crippen LogP contribution in [0.4, 0.5) is 0 Å². The first-order valence-electron chi connectivity index (χ1n) is 12.7. The van der Waals surface area contributed by atoms with Gasteiger partial charge in [0.15, 0.2) is 0 Å². The molecule has 1 amide bonds. The summed E-state index contributed by atoms with van der Waals surface area (Å²) in [6, 6.07) is 29.3. The highest BCUT2D eigenvalue weighted by Gasteiger charge is 2.38. The molecule has 1 atom stereocenters. The SMILES string of the molecule is CC(C)(CC(=O)N[C@@H](CSC(c1ccccc1)(c1ccccc1)c1ccccc1)C(=O)O)SCc1ncc[nH]1.Cl. The molecule has 4 aromatic rings. The third kappa shape index (κ3) is 7.93. The Labute approximate surface area is 250 Å². The zero-order valence-electron chi connectivity index (χ0n) is 22.4. The molecule has 0 saturated heterocycles. The maximum atomic E-state index is 13.0. The molecule has 0 aliphatic heterocycles. The van der Waals surface area contributed by atoms with Crippen LogP contribution in [0.15, 0.2) is 103 Å². The Hall–Kier alpha value is -3.20. The number of rotatable bonds is 13. The average Bonchev–Trinajstić information content (AvgIpc) is 3.47. The number of amides is 1. The third-order valence-corrected chi connectivity index (χ3v) is 9.37. The molecule has 40 heavy (non-hydrogen) atoms. The topological polar surface area (TPSA) is 95.1 Å². The van der Waals surface area contributed by atoms with Gasteiger partial charge >= 0.3 is 5.97 Å². The second-order valence-electron chi connectivity index (χ2n) is 9.81. The second kappa shape index (κ2) is 14.4. The van der Waals surface area contributed by atoms with Crippen molar-refractivity contribution in [3.63, 3.8) is 0 Å². The Bertz CT molecular complexity index is 1240. The lowest BCUT2D eigenvalue weighted by atomic mass is 9.84. The Kier molecular flexibility index (Phi) is 11.3. The van der Waals surface area contributed by atoms with E-state index in [0.29, 0.717) is 5.75 Å². The summed E-state index contributed by atoms with van der Waals surface area (Å²) < 4.78 is -1.06. The number of carbonyl (C=O) groups is 2. The van der Waals surface area contributed by atoms with E-state index in [1.807, 2.05) is 68.4 Å². The molecule has 210 valence electrons. The predicted octanol–water partition coefficient (Wildman–Crippen LogP) is 6.53. The van der Waals surface area contributed by atoms with Gasteiger partial charge in [0.25, 0.3) is 0 Å². The molecule has 0 fully saturated rings. The van der Waals surface area contributed by atoms with E-state index in [4.69, 9.17) is 0 Å². The maximum absolute atomic E-state index is 13.0. The summed E-state index contributed by atoms with van der Waals surface area (Å²) >= 11 is 3.12. The second-order valence-corrected chi connectivity index (χ2v) is 12.7. The van der Waals surface area contributed by atoms with Crippen LogP contribution in [-0.4, -0.2) is 43.5 Å². The molecule has 0 aliphatic carbocycles. The van der Waals surface area contributed by atoms with Crippen molar-refractivity contribution in [2.75, 3.05) is 5.75 Å². The van der Waals surface area contributed by atoms with Crippen molar-refractivity contribution in [2.45, 2.75) is 41.6 Å². The van der Waals surface area contributed by atoms with E-state index >= 15 is 0 Å². The van der Waals surface area contributed by atoms with Crippen LogP contribution in [0.25, 0.3) is 0 Å². The van der Waals surface area contributed by atoms with Gasteiger partial charge in [-0.05, 0) is 16.7 Å². The van der Waals surface area contributed by atoms with Gasteiger partial charge in [-0.25, -0.2) is 9.78 Å². The predicted molar refractivity (Wildman–Crippen MR) is 167 cm³/mol. The summed E-state index contributed by atoms with van der Waals surface area (Å²) in [5.41, 5.74) is 3.12. The minimum atomic E-state index is -1.06. The van der Waals surface area contributed by atoms with Crippen molar-refractivity contribution in [3.05, 3.63) is 126 Å². The van der Waals surface area contributed by atoms with Crippen LogP contribution >= 0.6 is 35.9 Å². The number of imidazole rings is 1. The summed E-state index contributed by atoms with van der Waals surface area (Å²) in [7, 11) is 0. The quantitative estimate of drug-likeness (QED) is 0.152. The van der Waals surface area contributed by atoms with Gasteiger partial charge < -0.3 is 15.4 Å². The Morgan fingerprint density at radius 3 is 1.80 bits per heavy atom. The Balaban J connectivity index is 0.00000441. The van der Waals surface area contributed by atoms with E-state index in [-0.39, 0.29) is 30.5 Å². The lowest BCUT2D eigenvalue weighted by Gasteiger charge is -2.36. The van der Waals surface area contributed by atoms with Crippen molar-refractivity contribution >= 4 is 47.8 Å². The van der Waals surface area contributed by atoms with Crippen molar-refractivity contribution in [3.8, 4) is 0 Å². The Morgan fingerprint density at radius 2 is 1.38 bits per heavy atom. The summed E-state index contributed by atoms with van der Waals surface area (Å²) in [5.74, 6) is 0.316. The fraction of sp³-hybridized carbons (Fsp3) is 0.258. The van der Waals surface area contributed by atoms with Crippen molar-refractivity contribution in [1.82, 2.24) is 15.3 Å². The summed E-state index contributed by atoms with van der Waals surface area (Å²) in [4.78, 5) is 32.7. The molecular weight excluding hydrogens is 562 g/mol. The van der Waals surface area contributed by atoms with Crippen LogP contribution in [-0.2, 0) is 20.1 Å². The number of halogens is 1. The number of benzene rings is 3. The maximum Gasteiger partial charge on any atom is 0.327 e. The number of thioether (sulfide) groups is 2. The first kappa shape index (κ1) is 31.3. The van der Waals surface area contributed by atoms with E-state index in [1.165, 1.54) is 11.8 Å². The summed E-state index contributed by atoms with van der Waals surface area (Å²) in [6.07, 6.45) is 3.66. The van der Waals surface area contributed by atoms with Gasteiger partial charge in [0.1, 0.15) is 11.9 Å². The highest BCUT2D eigenvalue weighted by Crippen LogP contribution is 2.48. The van der Waals surface area contributed by atoms with Gasteiger partial charge in [-0.3, -0.25) is 4.79 Å². The van der Waals surface area contributed by atoms with Crippen LogP contribution in [0.3, 0.4) is 0 Å². The van der Waals surface area contributed by atoms with E-state index in [9.17, 15) is 14.7 Å². The number of nitrogens with one attached hydrogen (secondary N) is 2. The number of H-pyrrole nitrogens is 1. The van der Waals surface area contributed by atoms with Crippen LogP contribution in [0.2, 0.25) is 0 Å². The van der Waals surface area contributed by atoms with E-state index in [2.05, 4.69) is 51.7 Å². The lowest BCUT2D eigenvalue weighted by Crippen LogP contribution is -2.45. The monoisotopic (exact) mass is 595 g/mol. The zero-order chi connectivity index (χ0) is 27.7. The fourth-order valence-corrected chi connectivity index (χ4v) is 6.94. The van der Waals surface area contributed by atoms with Gasteiger partial charge in [-0.2, -0.15) is 0 Å². The standard InChI is InChI=1S/C31H33N3O3S2.ClH/c1-30(2,38-22-27-32-18-19-33-27)20-28(35)34-26(29(36)37)21-39-31(23-12-6-3-7-13-23,24-14-8-4-9-15-24)25-16-10-5-11-17-25;/h3-19,26H,20-22H2,1-2H3,(H,32,33)(H,34,35)(H,36,37);1H/t26-;/m0./s1. The number of aromatic nitrogens is 2. The van der Waals surface area contributed by atoms with Crippen LogP contribution in [0, 0.1) is 0 Å². The molecule has 9 heteroatoms. The minimum absolute atomic E-state index is 0. The van der Waals surface area contributed by atoms with E-state index < -0.39 is 21.5 Å². The van der Waals surface area contributed by atoms with E-state index in [1.54, 1.807) is 24.2 Å². The normalized spacial score (nSPS) is 12.2. The molecule has 0 spiro atoms. The number of nitrogens with zero attached hydrogens (tertiary/aromatic N) is 1. The largest absolute Gasteiger partial charge is 0.480 e. The molecule has 3 aromatic carbocycles. The molecule has 1 aromatic heterocycles. The number of hydrogen-bond acceptors (Lipinski definition) is 5. The zero-order valence-corrected chi connectivity index (χ0v) is 24.9. The molecule has 0 saturated carbocycles. The highest BCUT2D eigenvalue weighted by atomic mass is 35.5. The first-order valence-corrected chi connectivity index (χ1v) is 14.7. The van der Waals surface area contributed by atoms with Crippen molar-refractivity contribution < 1.29 is 14.7 Å². The van der Waals surface area contributed by atoms with Gasteiger partial charge in [0, 0.05) is 29.3 Å². The van der Waals surface area contributed by atoms with Crippen molar-refractivity contribution in [1.29, 1.82) is 0 Å². The van der Waals surface area contributed by atoms with Gasteiger partial charge in [-0.15, -0.1) is 35.9 Å². The lowest BCUT2D eigenvalue weighted by molar-refractivity contribution is -0.141. The molecule has 4 rings (SSSR count). The van der Waals surface area contributed by atoms with Crippen molar-refractivity contribution in [2.24, 2.45) is 0 Å². The molecule has 0 unspecified atom stereocenters. The highest BCUT2D eigenvalue weighted by molar-refractivity contribution is 8.00. The first-order chi connectivity index (χ1) is 18.8. The number of carboxylic acid groups (broad SMARTS) is 1. The fourth-order valence-electron chi connectivity index (χ4n) is 4.48. The molecule has 6 nitrogen and oxygen atoms in total. The molecule has 0 aliphatic rings. The Morgan fingerprint density at radius 1 is 0.875 bits per heavy atom. The third-order valence-electron chi connectivity index (χ3n) is 6.38. The molecule has 0 radical (unpaired) electrons. The van der Waals surface area contributed by atoms with Gasteiger partial charge in [0.2, 0.25) is 5.91 Å². The summed E-state index contributed by atoms with van der Waals surface area (Å²) in [5, 5.41) is 12.9. The van der Waals surface area contributed by atoms with Crippen LogP contribution < -0.4 is 5.32 Å². The van der Waals surface area contributed by atoms with Gasteiger partial charge in [0.05, 0.1) is 10.5 Å². The summed E-state index contributed by atoms with van der Waals surface area (Å²) in [6.45, 7) is 3.96. The molecule has 3 N–H and O–H groups in total. The number of aromatic amines is 1. The number of carbonyl (C=O) groups excluding carboxylic acids is 1. The number of hydrogen-bond donors (Lipinski definition) is 3. The van der Waals surface area contributed by atoms with Crippen LogP contribution in [0.5, 0.6) is 0 Å². The average molecular weight is 596 g/mol. The molecule has 0 bridgehead atoms. The van der Waals surface area contributed by atoms with Crippen LogP contribution in [0.1, 0.15) is 42.8 Å².